The van der Waals surface area contributed by atoms with Crippen LogP contribution in [0.5, 0.6) is 0 Å². The molecule has 1 aliphatic heterocycles. The van der Waals surface area contributed by atoms with Crippen LogP contribution in [0.4, 0.5) is 4.79 Å². The summed E-state index contributed by atoms with van der Waals surface area (Å²) < 4.78 is 0. The molecular formula is C4H7NOSe. The number of carbonyl (C=O) groups is 1. The molecule has 1 amide bonds. The van der Waals surface area contributed by atoms with Crippen molar-refractivity contribution < 1.29 is 4.79 Å². The summed E-state index contributed by atoms with van der Waals surface area (Å²) in [6.07, 6.45) is 0. The molecule has 0 aliphatic carbocycles. The number of nitrogens with one attached hydrogen (secondary N) is 1. The second kappa shape index (κ2) is 1.85. The van der Waals surface area contributed by atoms with Gasteiger partial charge in [-0.3, -0.25) is 0 Å². The van der Waals surface area contributed by atoms with Crippen molar-refractivity contribution in [1.82, 2.24) is 5.32 Å². The van der Waals surface area contributed by atoms with Crippen LogP contribution in [0.1, 0.15) is 6.92 Å². The van der Waals surface area contributed by atoms with Crippen molar-refractivity contribution in [3.8, 4) is 0 Å². The molecule has 1 N–H and O–H groups in total. The number of amides is 1. The Morgan fingerprint density at radius 1 is 2.00 bits per heavy atom. The van der Waals surface area contributed by atoms with Crippen LogP contribution < -0.4 is 5.32 Å². The van der Waals surface area contributed by atoms with Crippen molar-refractivity contribution >= 4 is 19.8 Å². The molecule has 1 unspecified atom stereocenters. The number of carbonyl (C=O) groups excluding carboxylic acids is 1. The average Bonchev–Trinajstić information content (AvgIpc) is 1.87. The summed E-state index contributed by atoms with van der Waals surface area (Å²) in [7, 11) is 0. The minimum atomic E-state index is 0.236. The Bertz CT molecular complexity index is 93.7. The first kappa shape index (κ1) is 5.13. The molecule has 2 nitrogen and oxygen atoms in total. The maximum atomic E-state index is 10.4. The average molecular weight is 164 g/mol. The monoisotopic (exact) mass is 165 g/mol. The summed E-state index contributed by atoms with van der Waals surface area (Å²) in [5, 5.41) is 2.76. The fourth-order valence-electron chi connectivity index (χ4n) is 0.493. The molecule has 0 saturated carbocycles. The molecule has 3 heteroatoms. The van der Waals surface area contributed by atoms with Crippen LogP contribution in [0, 0.1) is 0 Å². The van der Waals surface area contributed by atoms with Gasteiger partial charge in [-0.2, -0.15) is 0 Å². The molecule has 1 atom stereocenters. The standard InChI is InChI=1S/C4H7NOSe/c1-3-2-5-4(6)7-3/h3H,2H2,1H3,(H,5,6). The second-order valence-corrected chi connectivity index (χ2v) is 4.56. The van der Waals surface area contributed by atoms with Crippen molar-refractivity contribution in [2.24, 2.45) is 0 Å². The molecule has 1 rings (SSSR count). The van der Waals surface area contributed by atoms with E-state index < -0.39 is 0 Å². The fraction of sp³-hybridized carbons (Fsp3) is 0.750. The van der Waals surface area contributed by atoms with Crippen molar-refractivity contribution in [2.45, 2.75) is 11.7 Å². The van der Waals surface area contributed by atoms with E-state index in [1.54, 1.807) is 0 Å². The topological polar surface area (TPSA) is 29.1 Å². The quantitative estimate of drug-likeness (QED) is 0.510. The van der Waals surface area contributed by atoms with Gasteiger partial charge in [0.15, 0.2) is 0 Å². The molecule has 0 radical (unpaired) electrons. The molecule has 0 spiro atoms. The van der Waals surface area contributed by atoms with Gasteiger partial charge in [-0.15, -0.1) is 0 Å². The number of hydrogen-bond acceptors (Lipinski definition) is 1. The van der Waals surface area contributed by atoms with Crippen molar-refractivity contribution in [3.05, 3.63) is 0 Å². The first-order chi connectivity index (χ1) is 3.29. The van der Waals surface area contributed by atoms with E-state index >= 15 is 0 Å². The molecule has 1 heterocycles. The normalized spacial score (nSPS) is 30.4. The summed E-state index contributed by atoms with van der Waals surface area (Å²) in [4.78, 5) is 11.3. The van der Waals surface area contributed by atoms with E-state index in [1.807, 2.05) is 0 Å². The zero-order chi connectivity index (χ0) is 5.28. The van der Waals surface area contributed by atoms with Crippen LogP contribution in [-0.2, 0) is 0 Å². The van der Waals surface area contributed by atoms with Crippen LogP contribution in [0.25, 0.3) is 0 Å². The zero-order valence-corrected chi connectivity index (χ0v) is 5.81. The zero-order valence-electron chi connectivity index (χ0n) is 4.10. The Kier molecular flexibility index (Phi) is 1.35. The number of hydrogen-bond donors (Lipinski definition) is 1. The fourth-order valence-corrected chi connectivity index (χ4v) is 1.96. The SMILES string of the molecule is CC1CNC(=O)[Se]1. The molecule has 0 aromatic rings. The van der Waals surface area contributed by atoms with Gasteiger partial charge >= 0.3 is 48.2 Å². The van der Waals surface area contributed by atoms with Gasteiger partial charge in [-0.25, -0.2) is 0 Å². The van der Waals surface area contributed by atoms with E-state index in [0.717, 1.165) is 6.54 Å². The predicted molar refractivity (Wildman–Crippen MR) is 28.6 cm³/mol. The third kappa shape index (κ3) is 1.18. The second-order valence-electron chi connectivity index (χ2n) is 1.60. The molecule has 0 aromatic carbocycles. The van der Waals surface area contributed by atoms with Gasteiger partial charge in [0.1, 0.15) is 0 Å². The Morgan fingerprint density at radius 2 is 2.71 bits per heavy atom. The third-order valence-electron chi connectivity index (χ3n) is 0.842. The third-order valence-corrected chi connectivity index (χ3v) is 2.79. The number of rotatable bonds is 0. The van der Waals surface area contributed by atoms with E-state index in [0.29, 0.717) is 4.82 Å². The van der Waals surface area contributed by atoms with E-state index in [1.165, 1.54) is 0 Å². The Balaban J connectivity index is 2.40. The van der Waals surface area contributed by atoms with E-state index in [-0.39, 0.29) is 19.8 Å². The van der Waals surface area contributed by atoms with Crippen molar-refractivity contribution in [2.75, 3.05) is 6.54 Å². The van der Waals surface area contributed by atoms with Gasteiger partial charge < -0.3 is 0 Å². The maximum absolute atomic E-state index is 10.4. The molecule has 1 fully saturated rings. The van der Waals surface area contributed by atoms with Crippen LogP contribution in [0.3, 0.4) is 0 Å². The predicted octanol–water partition coefficient (Wildman–Crippen LogP) is 0.222. The van der Waals surface area contributed by atoms with Crippen LogP contribution in [-0.4, -0.2) is 26.3 Å². The molecule has 0 bridgehead atoms. The summed E-state index contributed by atoms with van der Waals surface area (Å²) in [6.45, 7) is 3.00. The molecule has 1 saturated heterocycles. The first-order valence-electron chi connectivity index (χ1n) is 2.23. The Hall–Kier alpha value is -0.0105. The summed E-state index contributed by atoms with van der Waals surface area (Å²) >= 11 is 0.236. The van der Waals surface area contributed by atoms with Gasteiger partial charge in [0.05, 0.1) is 0 Å². The summed E-state index contributed by atoms with van der Waals surface area (Å²) in [5.41, 5.74) is 0. The molecule has 0 aromatic heterocycles. The van der Waals surface area contributed by atoms with Crippen molar-refractivity contribution in [1.29, 1.82) is 0 Å². The van der Waals surface area contributed by atoms with Crippen molar-refractivity contribution in [3.63, 3.8) is 0 Å². The summed E-state index contributed by atoms with van der Waals surface area (Å²) in [5.74, 6) is 0. The van der Waals surface area contributed by atoms with Crippen LogP contribution in [0.15, 0.2) is 0 Å². The molecule has 40 valence electrons. The van der Waals surface area contributed by atoms with E-state index in [4.69, 9.17) is 0 Å². The minimum absolute atomic E-state index is 0.236. The molecule has 7 heavy (non-hydrogen) atoms. The van der Waals surface area contributed by atoms with Gasteiger partial charge in [0.2, 0.25) is 0 Å². The van der Waals surface area contributed by atoms with Gasteiger partial charge in [-0.1, -0.05) is 0 Å². The summed E-state index contributed by atoms with van der Waals surface area (Å²) in [6, 6.07) is 0. The van der Waals surface area contributed by atoms with Crippen LogP contribution in [0.2, 0.25) is 4.82 Å². The van der Waals surface area contributed by atoms with E-state index in [9.17, 15) is 4.79 Å². The molecular weight excluding hydrogens is 157 g/mol. The van der Waals surface area contributed by atoms with Crippen LogP contribution >= 0.6 is 0 Å². The van der Waals surface area contributed by atoms with Gasteiger partial charge in [0.25, 0.3) is 0 Å². The Morgan fingerprint density at radius 3 is 2.86 bits per heavy atom. The van der Waals surface area contributed by atoms with Gasteiger partial charge in [-0.05, 0) is 0 Å². The molecule has 1 aliphatic rings. The first-order valence-corrected chi connectivity index (χ1v) is 4.08. The Labute approximate surface area is 48.8 Å². The van der Waals surface area contributed by atoms with E-state index in [2.05, 4.69) is 12.2 Å². The van der Waals surface area contributed by atoms with Gasteiger partial charge in [0, 0.05) is 0 Å².